The Morgan fingerprint density at radius 2 is 2.03 bits per heavy atom. The first-order valence-corrected chi connectivity index (χ1v) is 11.7. The number of carbonyl (C=O) groups excluding carboxylic acids is 1. The average molecular weight is 441 g/mol. The van der Waals surface area contributed by atoms with E-state index in [-0.39, 0.29) is 11.7 Å². The maximum absolute atomic E-state index is 12.4. The molecule has 1 saturated carbocycles. The van der Waals surface area contributed by atoms with Gasteiger partial charge in [-0.25, -0.2) is 0 Å². The van der Waals surface area contributed by atoms with Crippen molar-refractivity contribution < 1.29 is 13.9 Å². The van der Waals surface area contributed by atoms with E-state index in [2.05, 4.69) is 27.0 Å². The van der Waals surface area contributed by atoms with Gasteiger partial charge in [-0.15, -0.1) is 10.2 Å². The van der Waals surface area contributed by atoms with Gasteiger partial charge in [0.2, 0.25) is 5.91 Å². The van der Waals surface area contributed by atoms with E-state index >= 15 is 0 Å². The number of thioether (sulfide) groups is 1. The lowest BCUT2D eigenvalue weighted by molar-refractivity contribution is -0.118. The molecule has 2 aromatic heterocycles. The number of amides is 1. The molecule has 1 aliphatic rings. The summed E-state index contributed by atoms with van der Waals surface area (Å²) >= 11 is 1.43. The van der Waals surface area contributed by atoms with Crippen molar-refractivity contribution in [2.45, 2.75) is 50.4 Å². The lowest BCUT2D eigenvalue weighted by Gasteiger charge is -2.31. The summed E-state index contributed by atoms with van der Waals surface area (Å²) in [5.74, 6) is 3.15. The van der Waals surface area contributed by atoms with Crippen LogP contribution in [-0.2, 0) is 11.3 Å². The van der Waals surface area contributed by atoms with Crippen LogP contribution in [0.15, 0.2) is 52.2 Å². The van der Waals surface area contributed by atoms with Crippen LogP contribution in [0.3, 0.4) is 0 Å². The molecule has 1 amide bonds. The van der Waals surface area contributed by atoms with Crippen LogP contribution in [0.1, 0.15) is 44.4 Å². The van der Waals surface area contributed by atoms with Crippen LogP contribution < -0.4 is 10.1 Å². The Morgan fingerprint density at radius 3 is 2.74 bits per heavy atom. The maximum Gasteiger partial charge on any atom is 0.230 e. The van der Waals surface area contributed by atoms with E-state index in [1.165, 1.54) is 31.0 Å². The van der Waals surface area contributed by atoms with Gasteiger partial charge in [-0.2, -0.15) is 0 Å². The summed E-state index contributed by atoms with van der Waals surface area (Å²) in [7, 11) is 1.66. The van der Waals surface area contributed by atoms with Crippen LogP contribution in [0.4, 0.5) is 0 Å². The summed E-state index contributed by atoms with van der Waals surface area (Å²) in [5.41, 5.74) is 1.00. The summed E-state index contributed by atoms with van der Waals surface area (Å²) < 4.78 is 12.8. The average Bonchev–Trinajstić information content (AvgIpc) is 3.47. The largest absolute Gasteiger partial charge is 0.497 e. The summed E-state index contributed by atoms with van der Waals surface area (Å²) in [5, 5.41) is 12.7. The molecule has 31 heavy (non-hydrogen) atoms. The van der Waals surface area contributed by atoms with Crippen molar-refractivity contribution in [3.63, 3.8) is 0 Å². The normalized spacial score (nSPS) is 18.6. The van der Waals surface area contributed by atoms with Gasteiger partial charge in [0.05, 0.1) is 25.7 Å². The highest BCUT2D eigenvalue weighted by Gasteiger charge is 2.29. The summed E-state index contributed by atoms with van der Waals surface area (Å²) in [6.45, 7) is 2.68. The molecule has 1 fully saturated rings. The molecule has 2 heterocycles. The molecule has 0 radical (unpaired) electrons. The monoisotopic (exact) mass is 440 g/mol. The van der Waals surface area contributed by atoms with Crippen LogP contribution in [0.2, 0.25) is 0 Å². The topological polar surface area (TPSA) is 82.2 Å². The number of methoxy groups -OCH3 is 1. The third-order valence-electron chi connectivity index (χ3n) is 5.78. The Morgan fingerprint density at radius 1 is 1.23 bits per heavy atom. The van der Waals surface area contributed by atoms with Crippen LogP contribution in [-0.4, -0.2) is 33.5 Å². The molecule has 0 saturated heterocycles. The summed E-state index contributed by atoms with van der Waals surface area (Å²) in [6.07, 6.45) is 6.35. The molecular formula is C23H28N4O3S. The van der Waals surface area contributed by atoms with Gasteiger partial charge in [0, 0.05) is 11.6 Å². The Hall–Kier alpha value is -2.74. The zero-order chi connectivity index (χ0) is 21.6. The molecule has 8 heteroatoms. The number of furan rings is 1. The molecule has 7 nitrogen and oxygen atoms in total. The Kier molecular flexibility index (Phi) is 6.96. The summed E-state index contributed by atoms with van der Waals surface area (Å²) in [6, 6.07) is 11.9. The zero-order valence-corrected chi connectivity index (χ0v) is 18.7. The SMILES string of the molecule is COc1ccc(-c2nnc(SCC(=O)NCc3ccco3)n2[C@@H]2CCCC[C@@H]2C)cc1. The second-order valence-corrected chi connectivity index (χ2v) is 8.82. The first-order chi connectivity index (χ1) is 15.2. The molecule has 1 N–H and O–H groups in total. The molecule has 0 aliphatic heterocycles. The van der Waals surface area contributed by atoms with E-state index in [1.54, 1.807) is 13.4 Å². The van der Waals surface area contributed by atoms with Crippen molar-refractivity contribution in [2.75, 3.05) is 12.9 Å². The third-order valence-corrected chi connectivity index (χ3v) is 6.73. The number of benzene rings is 1. The van der Waals surface area contributed by atoms with Crippen LogP contribution in [0.25, 0.3) is 11.4 Å². The second kappa shape index (κ2) is 10.0. The van der Waals surface area contributed by atoms with Crippen LogP contribution >= 0.6 is 11.8 Å². The van der Waals surface area contributed by atoms with E-state index in [0.717, 1.165) is 34.5 Å². The minimum Gasteiger partial charge on any atom is -0.497 e. The van der Waals surface area contributed by atoms with Crippen molar-refractivity contribution in [3.8, 4) is 17.1 Å². The molecule has 164 valence electrons. The first kappa shape index (κ1) is 21.5. The number of nitrogens with one attached hydrogen (secondary N) is 1. The number of nitrogens with zero attached hydrogens (tertiary/aromatic N) is 3. The highest BCUT2D eigenvalue weighted by molar-refractivity contribution is 7.99. The molecule has 3 aromatic rings. The maximum atomic E-state index is 12.4. The third kappa shape index (κ3) is 5.12. The van der Waals surface area contributed by atoms with Crippen molar-refractivity contribution in [1.29, 1.82) is 0 Å². The van der Waals surface area contributed by atoms with Gasteiger partial charge in [-0.05, 0) is 55.2 Å². The van der Waals surface area contributed by atoms with Crippen molar-refractivity contribution in [2.24, 2.45) is 5.92 Å². The molecule has 0 unspecified atom stereocenters. The van der Waals surface area contributed by atoms with Gasteiger partial charge in [0.25, 0.3) is 0 Å². The Bertz CT molecular complexity index is 985. The van der Waals surface area contributed by atoms with E-state index < -0.39 is 0 Å². The van der Waals surface area contributed by atoms with Crippen LogP contribution in [0, 0.1) is 5.92 Å². The zero-order valence-electron chi connectivity index (χ0n) is 17.9. The minimum atomic E-state index is -0.0568. The van der Waals surface area contributed by atoms with Crippen molar-refractivity contribution >= 4 is 17.7 Å². The van der Waals surface area contributed by atoms with Gasteiger partial charge < -0.3 is 14.5 Å². The predicted molar refractivity (Wildman–Crippen MR) is 120 cm³/mol. The van der Waals surface area contributed by atoms with Gasteiger partial charge in [-0.1, -0.05) is 31.5 Å². The smallest absolute Gasteiger partial charge is 0.230 e. The van der Waals surface area contributed by atoms with E-state index in [0.29, 0.717) is 18.5 Å². The lowest BCUT2D eigenvalue weighted by Crippen LogP contribution is -2.25. The highest BCUT2D eigenvalue weighted by atomic mass is 32.2. The fourth-order valence-corrected chi connectivity index (χ4v) is 4.89. The number of hydrogen-bond donors (Lipinski definition) is 1. The van der Waals surface area contributed by atoms with Crippen LogP contribution in [0.5, 0.6) is 5.75 Å². The molecule has 2 atom stereocenters. The molecule has 0 spiro atoms. The van der Waals surface area contributed by atoms with E-state index in [1.807, 2.05) is 36.4 Å². The predicted octanol–water partition coefficient (Wildman–Crippen LogP) is 4.71. The van der Waals surface area contributed by atoms with E-state index in [4.69, 9.17) is 9.15 Å². The van der Waals surface area contributed by atoms with Gasteiger partial charge in [0.15, 0.2) is 11.0 Å². The number of rotatable bonds is 8. The first-order valence-electron chi connectivity index (χ1n) is 10.7. The molecular weight excluding hydrogens is 412 g/mol. The Labute approximate surface area is 186 Å². The second-order valence-electron chi connectivity index (χ2n) is 7.88. The molecule has 0 bridgehead atoms. The molecule has 4 rings (SSSR count). The Balaban J connectivity index is 1.53. The fourth-order valence-electron chi connectivity index (χ4n) is 4.07. The number of hydrogen-bond acceptors (Lipinski definition) is 6. The number of ether oxygens (including phenoxy) is 1. The minimum absolute atomic E-state index is 0.0568. The standard InChI is InChI=1S/C23H28N4O3S/c1-16-6-3-4-8-20(16)27-22(17-9-11-18(29-2)12-10-17)25-26-23(27)31-15-21(28)24-14-19-7-5-13-30-19/h5,7,9-13,16,20H,3-4,6,8,14-15H2,1-2H3,(H,24,28)/t16-,20+/m0/s1. The number of carbonyl (C=O) groups is 1. The number of aromatic nitrogens is 3. The summed E-state index contributed by atoms with van der Waals surface area (Å²) in [4.78, 5) is 12.4. The van der Waals surface area contributed by atoms with Crippen molar-refractivity contribution in [1.82, 2.24) is 20.1 Å². The highest BCUT2D eigenvalue weighted by Crippen LogP contribution is 2.39. The molecule has 1 aromatic carbocycles. The molecule has 1 aliphatic carbocycles. The van der Waals surface area contributed by atoms with Gasteiger partial charge in [-0.3, -0.25) is 9.36 Å². The van der Waals surface area contributed by atoms with Crippen molar-refractivity contribution in [3.05, 3.63) is 48.4 Å². The lowest BCUT2D eigenvalue weighted by atomic mass is 9.85. The van der Waals surface area contributed by atoms with Gasteiger partial charge in [0.1, 0.15) is 11.5 Å². The quantitative estimate of drug-likeness (QED) is 0.511. The van der Waals surface area contributed by atoms with Gasteiger partial charge >= 0.3 is 0 Å². The van der Waals surface area contributed by atoms with E-state index in [9.17, 15) is 4.79 Å². The fraction of sp³-hybridized carbons (Fsp3) is 0.435.